The van der Waals surface area contributed by atoms with E-state index in [1.165, 1.54) is 11.3 Å². The topological polar surface area (TPSA) is 46.5 Å². The lowest BCUT2D eigenvalue weighted by Crippen LogP contribution is -2.33. The molecule has 1 amide bonds. The van der Waals surface area contributed by atoms with Crippen LogP contribution in [-0.4, -0.2) is 40.8 Å². The van der Waals surface area contributed by atoms with E-state index in [0.29, 0.717) is 6.54 Å². The number of rotatable bonds is 9. The van der Waals surface area contributed by atoms with Crippen LogP contribution in [0.4, 0.5) is 9.18 Å². The molecule has 0 fully saturated rings. The van der Waals surface area contributed by atoms with E-state index in [2.05, 4.69) is 20.7 Å². The Kier molecular flexibility index (Phi) is 8.20. The zero-order valence-corrected chi connectivity index (χ0v) is 19.7. The first-order valence-corrected chi connectivity index (χ1v) is 11.7. The van der Waals surface area contributed by atoms with Gasteiger partial charge in [-0.15, -0.1) is 12.3 Å². The highest BCUT2D eigenvalue weighted by molar-refractivity contribution is 5.86. The van der Waals surface area contributed by atoms with Gasteiger partial charge >= 0.3 is 6.09 Å². The Labute approximate surface area is 191 Å². The maximum absolute atomic E-state index is 14.0. The first kappa shape index (κ1) is 24.1. The van der Waals surface area contributed by atoms with E-state index in [-0.39, 0.29) is 11.9 Å². The molecular formula is C26H36FN3O2. The van der Waals surface area contributed by atoms with Crippen LogP contribution in [0, 0.1) is 18.2 Å². The standard InChI is InChI=1S/C26H36FN3O2/c1-5-6-15-29-17-13-24-22(19-29)21-18-20(27)11-12-23(21)30(24)16-10-8-7-9-14-28-25(31)32-26(2,3)4/h1,11-12,18H,6-10,13-17,19H2,2-4H3,(H,28,31). The Balaban J connectivity index is 1.53. The second-order valence-electron chi connectivity index (χ2n) is 9.56. The molecule has 6 heteroatoms. The number of amides is 1. The number of nitrogens with zero attached hydrogens (tertiary/aromatic N) is 2. The number of hydrogen-bond donors (Lipinski definition) is 1. The summed E-state index contributed by atoms with van der Waals surface area (Å²) in [4.78, 5) is 14.1. The summed E-state index contributed by atoms with van der Waals surface area (Å²) in [6.45, 7) is 9.85. The van der Waals surface area contributed by atoms with Crippen molar-refractivity contribution < 1.29 is 13.9 Å². The number of hydrogen-bond acceptors (Lipinski definition) is 3. The lowest BCUT2D eigenvalue weighted by molar-refractivity contribution is 0.0527. The number of benzene rings is 1. The predicted octanol–water partition coefficient (Wildman–Crippen LogP) is 5.25. The van der Waals surface area contributed by atoms with Gasteiger partial charge in [0.2, 0.25) is 0 Å². The fourth-order valence-electron chi connectivity index (χ4n) is 4.40. The molecule has 0 saturated heterocycles. The first-order valence-electron chi connectivity index (χ1n) is 11.7. The van der Waals surface area contributed by atoms with Gasteiger partial charge in [0.1, 0.15) is 11.4 Å². The number of alkyl carbamates (subject to hydrolysis) is 1. The molecule has 0 spiro atoms. The van der Waals surface area contributed by atoms with E-state index in [0.717, 1.165) is 75.6 Å². The number of aromatic nitrogens is 1. The van der Waals surface area contributed by atoms with Crippen LogP contribution < -0.4 is 5.32 Å². The van der Waals surface area contributed by atoms with Crippen LogP contribution >= 0.6 is 0 Å². The third-order valence-corrected chi connectivity index (χ3v) is 5.84. The van der Waals surface area contributed by atoms with Crippen molar-refractivity contribution in [2.75, 3.05) is 19.6 Å². The summed E-state index contributed by atoms with van der Waals surface area (Å²) in [5, 5.41) is 3.85. The molecule has 0 unspecified atom stereocenters. The van der Waals surface area contributed by atoms with Crippen LogP contribution in [-0.2, 0) is 24.2 Å². The molecule has 0 bridgehead atoms. The Hall–Kier alpha value is -2.52. The van der Waals surface area contributed by atoms with Gasteiger partial charge in [-0.2, -0.15) is 0 Å². The van der Waals surface area contributed by atoms with Crippen LogP contribution in [0.2, 0.25) is 0 Å². The van der Waals surface area contributed by atoms with E-state index in [1.54, 1.807) is 12.1 Å². The summed E-state index contributed by atoms with van der Waals surface area (Å²) < 4.78 is 21.6. The summed E-state index contributed by atoms with van der Waals surface area (Å²) in [7, 11) is 0. The molecule has 1 aromatic carbocycles. The van der Waals surface area contributed by atoms with Crippen molar-refractivity contribution in [3.8, 4) is 12.3 Å². The molecule has 0 saturated carbocycles. The van der Waals surface area contributed by atoms with Crippen molar-refractivity contribution in [3.05, 3.63) is 35.3 Å². The number of carbonyl (C=O) groups excluding carboxylic acids is 1. The molecule has 174 valence electrons. The molecule has 0 radical (unpaired) electrons. The number of halogens is 1. The molecule has 0 aliphatic carbocycles. The van der Waals surface area contributed by atoms with Gasteiger partial charge in [-0.25, -0.2) is 9.18 Å². The van der Waals surface area contributed by atoms with Gasteiger partial charge in [-0.3, -0.25) is 4.90 Å². The summed E-state index contributed by atoms with van der Waals surface area (Å²) in [6.07, 6.45) is 10.9. The van der Waals surface area contributed by atoms with Crippen molar-refractivity contribution in [2.45, 2.75) is 78.0 Å². The minimum absolute atomic E-state index is 0.185. The van der Waals surface area contributed by atoms with Gasteiger partial charge in [0.05, 0.1) is 0 Å². The fraction of sp³-hybridized carbons (Fsp3) is 0.577. The maximum atomic E-state index is 14.0. The molecular weight excluding hydrogens is 405 g/mol. The number of unbranched alkanes of at least 4 members (excludes halogenated alkanes) is 3. The van der Waals surface area contributed by atoms with E-state index >= 15 is 0 Å². The van der Waals surface area contributed by atoms with Crippen LogP contribution in [0.5, 0.6) is 0 Å². The van der Waals surface area contributed by atoms with Crippen LogP contribution in [0.25, 0.3) is 10.9 Å². The van der Waals surface area contributed by atoms with Gasteiger partial charge in [-0.05, 0) is 57.4 Å². The van der Waals surface area contributed by atoms with Crippen molar-refractivity contribution in [1.82, 2.24) is 14.8 Å². The van der Waals surface area contributed by atoms with E-state index in [9.17, 15) is 9.18 Å². The summed E-state index contributed by atoms with van der Waals surface area (Å²) in [5.74, 6) is 2.53. The monoisotopic (exact) mass is 441 g/mol. The van der Waals surface area contributed by atoms with E-state index < -0.39 is 5.60 Å². The zero-order chi connectivity index (χ0) is 23.1. The quantitative estimate of drug-likeness (QED) is 0.427. The fourth-order valence-corrected chi connectivity index (χ4v) is 4.40. The Morgan fingerprint density at radius 2 is 2.00 bits per heavy atom. The van der Waals surface area contributed by atoms with Gasteiger partial charge in [-0.1, -0.05) is 12.8 Å². The average molecular weight is 442 g/mol. The first-order chi connectivity index (χ1) is 15.3. The third kappa shape index (κ3) is 6.49. The van der Waals surface area contributed by atoms with Crippen molar-refractivity contribution in [1.29, 1.82) is 0 Å². The SMILES string of the molecule is C#CCCN1CCc2c(c3cc(F)ccc3n2CCCCCCNC(=O)OC(C)(C)C)C1. The normalized spacial score (nSPS) is 14.2. The van der Waals surface area contributed by atoms with Gasteiger partial charge in [0.15, 0.2) is 0 Å². The molecule has 3 rings (SSSR count). The Morgan fingerprint density at radius 3 is 2.75 bits per heavy atom. The zero-order valence-electron chi connectivity index (χ0n) is 19.7. The van der Waals surface area contributed by atoms with Crippen LogP contribution in [0.15, 0.2) is 18.2 Å². The van der Waals surface area contributed by atoms with Gasteiger partial charge in [0.25, 0.3) is 0 Å². The van der Waals surface area contributed by atoms with E-state index in [1.807, 2.05) is 26.8 Å². The lowest BCUT2D eigenvalue weighted by Gasteiger charge is -2.27. The summed E-state index contributed by atoms with van der Waals surface area (Å²) in [6, 6.07) is 5.15. The highest BCUT2D eigenvalue weighted by Gasteiger charge is 2.24. The largest absolute Gasteiger partial charge is 0.444 e. The molecule has 2 aromatic rings. The number of carbonyl (C=O) groups is 1. The predicted molar refractivity (Wildman–Crippen MR) is 127 cm³/mol. The minimum atomic E-state index is -0.468. The smallest absolute Gasteiger partial charge is 0.407 e. The molecule has 1 aliphatic rings. The molecule has 1 N–H and O–H groups in total. The molecule has 1 aliphatic heterocycles. The van der Waals surface area contributed by atoms with Crippen molar-refractivity contribution in [2.24, 2.45) is 0 Å². The second kappa shape index (κ2) is 10.9. The van der Waals surface area contributed by atoms with Crippen molar-refractivity contribution >= 4 is 17.0 Å². The molecule has 1 aromatic heterocycles. The number of aryl methyl sites for hydroxylation is 1. The third-order valence-electron chi connectivity index (χ3n) is 5.84. The van der Waals surface area contributed by atoms with E-state index in [4.69, 9.17) is 11.2 Å². The van der Waals surface area contributed by atoms with Crippen LogP contribution in [0.1, 0.15) is 64.1 Å². The molecule has 2 heterocycles. The Morgan fingerprint density at radius 1 is 1.22 bits per heavy atom. The number of nitrogens with one attached hydrogen (secondary N) is 1. The lowest BCUT2D eigenvalue weighted by atomic mass is 10.0. The summed E-state index contributed by atoms with van der Waals surface area (Å²) in [5.41, 5.74) is 3.25. The maximum Gasteiger partial charge on any atom is 0.407 e. The minimum Gasteiger partial charge on any atom is -0.444 e. The van der Waals surface area contributed by atoms with Gasteiger partial charge in [0, 0.05) is 62.2 Å². The highest BCUT2D eigenvalue weighted by atomic mass is 19.1. The van der Waals surface area contributed by atoms with Crippen LogP contribution in [0.3, 0.4) is 0 Å². The number of ether oxygens (including phenoxy) is 1. The Bertz CT molecular complexity index is 968. The van der Waals surface area contributed by atoms with Gasteiger partial charge < -0.3 is 14.6 Å². The second-order valence-corrected chi connectivity index (χ2v) is 9.56. The average Bonchev–Trinajstić information content (AvgIpc) is 3.02. The summed E-state index contributed by atoms with van der Waals surface area (Å²) >= 11 is 0. The van der Waals surface area contributed by atoms with Crippen molar-refractivity contribution in [3.63, 3.8) is 0 Å². The number of terminal acetylenes is 1. The molecule has 32 heavy (non-hydrogen) atoms. The molecule has 5 nitrogen and oxygen atoms in total. The molecule has 0 atom stereocenters. The number of fused-ring (bicyclic) bond motifs is 3. The highest BCUT2D eigenvalue weighted by Crippen LogP contribution is 2.32.